The van der Waals surface area contributed by atoms with Crippen LogP contribution in [0.4, 0.5) is 0 Å². The highest BCUT2D eigenvalue weighted by Crippen LogP contribution is 2.34. The molecule has 0 heterocycles. The quantitative estimate of drug-likeness (QED) is 0.0362. The molecule has 1 rings (SSSR count). The fourth-order valence-corrected chi connectivity index (χ4v) is 6.70. The summed E-state index contributed by atoms with van der Waals surface area (Å²) in [5, 5.41) is 30.6. The second-order valence-electron chi connectivity index (χ2n) is 15.0. The minimum absolute atomic E-state index is 0.0362. The van der Waals surface area contributed by atoms with Crippen LogP contribution in [0.25, 0.3) is 0 Å². The number of rotatable bonds is 32. The number of Topliss-reactive ketones (excluding diaryl/α,β-unsaturated/α-hetero) is 1. The molecule has 0 unspecified atom stereocenters. The number of esters is 2. The van der Waals surface area contributed by atoms with Gasteiger partial charge in [-0.15, -0.1) is 0 Å². The zero-order valence-corrected chi connectivity index (χ0v) is 31.6. The Hall–Kier alpha value is -1.77. The van der Waals surface area contributed by atoms with E-state index in [1.165, 1.54) is 64.2 Å². The zero-order valence-electron chi connectivity index (χ0n) is 31.6. The van der Waals surface area contributed by atoms with Crippen molar-refractivity contribution in [3.8, 4) is 0 Å². The number of carbonyl (C=O) groups is 3. The molecule has 0 aliphatic heterocycles. The van der Waals surface area contributed by atoms with Gasteiger partial charge in [0.05, 0.1) is 12.2 Å². The van der Waals surface area contributed by atoms with Crippen LogP contribution in [-0.2, 0) is 23.9 Å². The highest BCUT2D eigenvalue weighted by atomic mass is 16.6. The van der Waals surface area contributed by atoms with Gasteiger partial charge in [0.15, 0.2) is 0 Å². The highest BCUT2D eigenvalue weighted by Gasteiger charge is 2.39. The third kappa shape index (κ3) is 24.9. The van der Waals surface area contributed by atoms with Crippen molar-refractivity contribution in [3.63, 3.8) is 0 Å². The van der Waals surface area contributed by atoms with Gasteiger partial charge >= 0.3 is 11.9 Å². The molecular weight excluding hydrogens is 620 g/mol. The number of hydrogen-bond donors (Lipinski definition) is 3. The van der Waals surface area contributed by atoms with Crippen LogP contribution in [0.3, 0.4) is 0 Å². The van der Waals surface area contributed by atoms with Crippen LogP contribution in [0.15, 0.2) is 12.2 Å². The normalized spacial score (nSPS) is 19.2. The lowest BCUT2D eigenvalue weighted by Gasteiger charge is -2.19. The lowest BCUT2D eigenvalue weighted by molar-refractivity contribution is -0.152. The van der Waals surface area contributed by atoms with Crippen molar-refractivity contribution in [3.05, 3.63) is 12.2 Å². The minimum Gasteiger partial charge on any atom is -0.463 e. The molecule has 8 heteroatoms. The summed E-state index contributed by atoms with van der Waals surface area (Å²) in [6.45, 7) is 6.34. The molecule has 5 atom stereocenters. The van der Waals surface area contributed by atoms with Crippen LogP contribution in [-0.4, -0.2) is 64.6 Å². The monoisotopic (exact) mass is 695 g/mol. The van der Waals surface area contributed by atoms with Gasteiger partial charge in [0.1, 0.15) is 25.1 Å². The van der Waals surface area contributed by atoms with Crippen LogP contribution in [0.2, 0.25) is 0 Å². The molecular formula is C41H74O8. The van der Waals surface area contributed by atoms with E-state index in [4.69, 9.17) is 9.47 Å². The van der Waals surface area contributed by atoms with Gasteiger partial charge in [0.2, 0.25) is 0 Å². The lowest BCUT2D eigenvalue weighted by atomic mass is 9.88. The number of unbranched alkanes of at least 4 members (excludes halogenated alkanes) is 16. The smallest absolute Gasteiger partial charge is 0.305 e. The number of ketones is 1. The Kier molecular flexibility index (Phi) is 27.6. The lowest BCUT2D eigenvalue weighted by Crippen LogP contribution is -2.25. The van der Waals surface area contributed by atoms with Crippen LogP contribution in [0.1, 0.15) is 181 Å². The fourth-order valence-electron chi connectivity index (χ4n) is 6.70. The summed E-state index contributed by atoms with van der Waals surface area (Å²) < 4.78 is 10.3. The Labute approximate surface area is 299 Å². The van der Waals surface area contributed by atoms with Gasteiger partial charge in [-0.2, -0.15) is 0 Å². The maximum Gasteiger partial charge on any atom is 0.305 e. The molecule has 0 amide bonds. The molecule has 8 nitrogen and oxygen atoms in total. The van der Waals surface area contributed by atoms with Crippen LogP contribution in [0.5, 0.6) is 0 Å². The molecule has 0 radical (unpaired) electrons. The van der Waals surface area contributed by atoms with E-state index in [1.807, 2.05) is 0 Å². The number of aliphatic hydroxyl groups excluding tert-OH is 3. The summed E-state index contributed by atoms with van der Waals surface area (Å²) in [6.07, 6.45) is 26.0. The second-order valence-corrected chi connectivity index (χ2v) is 15.0. The first-order chi connectivity index (χ1) is 23.6. The maximum absolute atomic E-state index is 12.4. The number of aliphatic hydroxyl groups is 3. The Morgan fingerprint density at radius 3 is 1.69 bits per heavy atom. The van der Waals surface area contributed by atoms with Crippen molar-refractivity contribution in [1.29, 1.82) is 0 Å². The molecule has 0 saturated heterocycles. The van der Waals surface area contributed by atoms with Gasteiger partial charge in [0.25, 0.3) is 0 Å². The topological polar surface area (TPSA) is 130 Å². The number of ether oxygens (including phenoxy) is 2. The van der Waals surface area contributed by atoms with Gasteiger partial charge < -0.3 is 24.8 Å². The summed E-state index contributed by atoms with van der Waals surface area (Å²) in [5.74, 6) is -0.319. The standard InChI is InChI=1S/C41H74O8/c1-4-5-18-24-34(42)28-29-37-36(38(44)30-39(37)45)25-20-16-17-22-27-41(47)49-32-35(43)31-48-40(46)26-21-15-13-11-9-7-6-8-10-12-14-19-23-33(2)3/h28-29,33-38,42-44H,4-27,30-32H2,1-3H3/b29-28+/t34-,35+,36+,37+,38-/m0/s1. The number of allylic oxidation sites excluding steroid dienone is 1. The van der Waals surface area contributed by atoms with Crippen molar-refractivity contribution >= 4 is 17.7 Å². The predicted octanol–water partition coefficient (Wildman–Crippen LogP) is 8.96. The fraction of sp³-hybridized carbons (Fsp3) is 0.878. The first-order valence-electron chi connectivity index (χ1n) is 20.2. The second kappa shape index (κ2) is 29.9. The van der Waals surface area contributed by atoms with Gasteiger partial charge in [-0.3, -0.25) is 14.4 Å². The summed E-state index contributed by atoms with van der Waals surface area (Å²) in [6, 6.07) is 0. The summed E-state index contributed by atoms with van der Waals surface area (Å²) in [4.78, 5) is 36.5. The largest absolute Gasteiger partial charge is 0.463 e. The van der Waals surface area contributed by atoms with Crippen LogP contribution >= 0.6 is 0 Å². The van der Waals surface area contributed by atoms with Crippen molar-refractivity contribution in [2.75, 3.05) is 13.2 Å². The van der Waals surface area contributed by atoms with E-state index in [-0.39, 0.29) is 55.6 Å². The Bertz CT molecular complexity index is 872. The molecule has 0 spiro atoms. The Morgan fingerprint density at radius 2 is 1.18 bits per heavy atom. The number of hydrogen-bond acceptors (Lipinski definition) is 8. The van der Waals surface area contributed by atoms with Gasteiger partial charge in [-0.05, 0) is 37.5 Å². The van der Waals surface area contributed by atoms with Crippen molar-refractivity contribution in [1.82, 2.24) is 0 Å². The molecule has 0 aromatic heterocycles. The first kappa shape index (κ1) is 45.3. The maximum atomic E-state index is 12.4. The van der Waals surface area contributed by atoms with Crippen LogP contribution in [0, 0.1) is 17.8 Å². The molecule has 0 bridgehead atoms. The van der Waals surface area contributed by atoms with Gasteiger partial charge in [-0.25, -0.2) is 0 Å². The molecule has 1 fully saturated rings. The minimum atomic E-state index is -1.03. The zero-order chi connectivity index (χ0) is 36.1. The summed E-state index contributed by atoms with van der Waals surface area (Å²) >= 11 is 0. The van der Waals surface area contributed by atoms with Crippen molar-refractivity contribution in [2.45, 2.75) is 200 Å². The third-order valence-electron chi connectivity index (χ3n) is 9.84. The van der Waals surface area contributed by atoms with Crippen LogP contribution < -0.4 is 0 Å². The summed E-state index contributed by atoms with van der Waals surface area (Å²) in [7, 11) is 0. The highest BCUT2D eigenvalue weighted by molar-refractivity contribution is 5.86. The average molecular weight is 695 g/mol. The molecule has 286 valence electrons. The molecule has 0 aromatic rings. The molecule has 1 saturated carbocycles. The van der Waals surface area contributed by atoms with Gasteiger partial charge in [0, 0.05) is 25.2 Å². The van der Waals surface area contributed by atoms with Crippen molar-refractivity contribution in [2.24, 2.45) is 17.8 Å². The van der Waals surface area contributed by atoms with Gasteiger partial charge in [-0.1, -0.05) is 148 Å². The third-order valence-corrected chi connectivity index (χ3v) is 9.84. The van der Waals surface area contributed by atoms with Crippen molar-refractivity contribution < 1.29 is 39.2 Å². The molecule has 3 N–H and O–H groups in total. The van der Waals surface area contributed by atoms with E-state index in [1.54, 1.807) is 12.2 Å². The van der Waals surface area contributed by atoms with E-state index in [9.17, 15) is 29.7 Å². The van der Waals surface area contributed by atoms with E-state index in [0.717, 1.165) is 70.1 Å². The number of carbonyl (C=O) groups excluding carboxylic acids is 3. The van der Waals surface area contributed by atoms with E-state index in [2.05, 4.69) is 20.8 Å². The Balaban J connectivity index is 2.00. The average Bonchev–Trinajstić information content (AvgIpc) is 3.34. The molecule has 0 aromatic carbocycles. The summed E-state index contributed by atoms with van der Waals surface area (Å²) in [5.41, 5.74) is 0. The molecule has 1 aliphatic rings. The van der Waals surface area contributed by atoms with E-state index >= 15 is 0 Å². The Morgan fingerprint density at radius 1 is 0.714 bits per heavy atom. The predicted molar refractivity (Wildman–Crippen MR) is 197 cm³/mol. The van der Waals surface area contributed by atoms with E-state index < -0.39 is 18.3 Å². The van der Waals surface area contributed by atoms with E-state index in [0.29, 0.717) is 19.3 Å². The molecule has 49 heavy (non-hydrogen) atoms. The first-order valence-corrected chi connectivity index (χ1v) is 20.2. The SMILES string of the molecule is CCCCC[C@H](O)/C=C/[C@H]1C(=O)C[C@H](O)[C@@H]1CCCCCCC(=O)OC[C@H](O)COC(=O)CCCCCCCCCCCCCCC(C)C. The molecule has 1 aliphatic carbocycles.